The molecule has 4 rings (SSSR count). The maximum Gasteiger partial charge on any atom is 0.253 e. The lowest BCUT2D eigenvalue weighted by Crippen LogP contribution is -3.00. The van der Waals surface area contributed by atoms with E-state index in [1.54, 1.807) is 0 Å². The first-order valence-electron chi connectivity index (χ1n) is 9.61. The Labute approximate surface area is 186 Å². The molecule has 1 aliphatic heterocycles. The van der Waals surface area contributed by atoms with Gasteiger partial charge in [0.2, 0.25) is 0 Å². The van der Waals surface area contributed by atoms with Crippen LogP contribution in [0.15, 0.2) is 89.4 Å². The number of benzene rings is 3. The minimum Gasteiger partial charge on any atom is -1.00 e. The maximum atomic E-state index is 12.8. The van der Waals surface area contributed by atoms with Gasteiger partial charge in [-0.1, -0.05) is 76.6 Å². The van der Waals surface area contributed by atoms with Crippen molar-refractivity contribution in [2.75, 3.05) is 26.2 Å². The third-order valence-electron chi connectivity index (χ3n) is 5.29. The molecular formula is C24H23BrClN2O-. The molecule has 0 aromatic heterocycles. The van der Waals surface area contributed by atoms with Gasteiger partial charge in [0, 0.05) is 36.2 Å². The van der Waals surface area contributed by atoms with E-state index in [0.29, 0.717) is 0 Å². The molecule has 1 aliphatic rings. The normalized spacial score (nSPS) is 14.5. The summed E-state index contributed by atoms with van der Waals surface area (Å²) < 4.78 is 0.988. The standard InChI is InChI=1S/C24H23BrN2O.ClH/c25-22-13-11-21(12-14-22)24(28)27-17-15-26(16-18-27)23(19-7-3-1-4-8-19)20-9-5-2-6-10-20;/h1-14,23H,15-18H2;1H/p-1. The van der Waals surface area contributed by atoms with Crippen LogP contribution in [-0.2, 0) is 0 Å². The van der Waals surface area contributed by atoms with E-state index in [0.717, 1.165) is 36.2 Å². The topological polar surface area (TPSA) is 23.6 Å². The van der Waals surface area contributed by atoms with Crippen LogP contribution in [0.5, 0.6) is 0 Å². The fourth-order valence-corrected chi connectivity index (χ4v) is 4.11. The molecule has 0 N–H and O–H groups in total. The average Bonchev–Trinajstić information content (AvgIpc) is 2.76. The van der Waals surface area contributed by atoms with Crippen molar-refractivity contribution in [2.24, 2.45) is 0 Å². The molecule has 0 spiro atoms. The molecular weight excluding hydrogens is 448 g/mol. The molecule has 1 heterocycles. The van der Waals surface area contributed by atoms with Crippen molar-refractivity contribution in [1.29, 1.82) is 0 Å². The Kier molecular flexibility index (Phi) is 7.48. The lowest BCUT2D eigenvalue weighted by molar-refractivity contribution is -0.0000162. The lowest BCUT2D eigenvalue weighted by atomic mass is 9.96. The molecule has 0 atom stereocenters. The summed E-state index contributed by atoms with van der Waals surface area (Å²) >= 11 is 3.43. The van der Waals surface area contributed by atoms with Crippen LogP contribution in [0.4, 0.5) is 0 Å². The molecule has 0 unspecified atom stereocenters. The van der Waals surface area contributed by atoms with Gasteiger partial charge in [0.1, 0.15) is 0 Å². The summed E-state index contributed by atoms with van der Waals surface area (Å²) in [6, 6.07) is 29.1. The van der Waals surface area contributed by atoms with Crippen molar-refractivity contribution in [1.82, 2.24) is 9.80 Å². The van der Waals surface area contributed by atoms with Crippen LogP contribution in [0.2, 0.25) is 0 Å². The highest BCUT2D eigenvalue weighted by Gasteiger charge is 2.28. The van der Waals surface area contributed by atoms with Crippen LogP contribution < -0.4 is 12.4 Å². The smallest absolute Gasteiger partial charge is 0.253 e. The van der Waals surface area contributed by atoms with E-state index < -0.39 is 0 Å². The SMILES string of the molecule is O=C(c1ccc(Br)cc1)N1CCN(C(c2ccccc2)c2ccccc2)CC1.[Cl-]. The Morgan fingerprint density at radius 3 is 1.69 bits per heavy atom. The first kappa shape index (κ1) is 21.6. The van der Waals surface area contributed by atoms with Gasteiger partial charge >= 0.3 is 0 Å². The summed E-state index contributed by atoms with van der Waals surface area (Å²) in [5, 5.41) is 0. The largest absolute Gasteiger partial charge is 1.00 e. The third kappa shape index (κ3) is 5.08. The van der Waals surface area contributed by atoms with Crippen molar-refractivity contribution in [2.45, 2.75) is 6.04 Å². The number of nitrogens with zero attached hydrogens (tertiary/aromatic N) is 2. The number of piperazine rings is 1. The number of hydrogen-bond donors (Lipinski definition) is 0. The van der Waals surface area contributed by atoms with E-state index in [-0.39, 0.29) is 24.4 Å². The highest BCUT2D eigenvalue weighted by atomic mass is 79.9. The minimum absolute atomic E-state index is 0. The quantitative estimate of drug-likeness (QED) is 0.582. The molecule has 1 saturated heterocycles. The van der Waals surface area contributed by atoms with Gasteiger partial charge in [-0.3, -0.25) is 9.69 Å². The van der Waals surface area contributed by atoms with Gasteiger partial charge in [-0.2, -0.15) is 0 Å². The Morgan fingerprint density at radius 1 is 0.724 bits per heavy atom. The summed E-state index contributed by atoms with van der Waals surface area (Å²) in [7, 11) is 0. The Bertz CT molecular complexity index is 871. The zero-order chi connectivity index (χ0) is 19.3. The van der Waals surface area contributed by atoms with E-state index in [1.807, 2.05) is 29.2 Å². The first-order valence-corrected chi connectivity index (χ1v) is 10.4. The Balaban J connectivity index is 0.00000240. The lowest BCUT2D eigenvalue weighted by Gasteiger charge is -2.39. The van der Waals surface area contributed by atoms with E-state index in [2.05, 4.69) is 81.5 Å². The number of rotatable bonds is 4. The van der Waals surface area contributed by atoms with Crippen LogP contribution in [-0.4, -0.2) is 41.9 Å². The summed E-state index contributed by atoms with van der Waals surface area (Å²) in [6.07, 6.45) is 0. The second-order valence-electron chi connectivity index (χ2n) is 7.06. The van der Waals surface area contributed by atoms with Gasteiger partial charge in [-0.15, -0.1) is 0 Å². The van der Waals surface area contributed by atoms with Crippen LogP contribution in [0.3, 0.4) is 0 Å². The van der Waals surface area contributed by atoms with Gasteiger partial charge < -0.3 is 17.3 Å². The van der Waals surface area contributed by atoms with Gasteiger partial charge in [0.05, 0.1) is 6.04 Å². The maximum absolute atomic E-state index is 12.8. The summed E-state index contributed by atoms with van der Waals surface area (Å²) in [4.78, 5) is 17.3. The van der Waals surface area contributed by atoms with Gasteiger partial charge in [-0.05, 0) is 35.4 Å². The number of hydrogen-bond acceptors (Lipinski definition) is 2. The minimum atomic E-state index is 0. The molecule has 3 nitrogen and oxygen atoms in total. The molecule has 1 amide bonds. The fourth-order valence-electron chi connectivity index (χ4n) is 3.84. The van der Waals surface area contributed by atoms with Crippen molar-refractivity contribution >= 4 is 21.8 Å². The Morgan fingerprint density at radius 2 is 1.21 bits per heavy atom. The van der Waals surface area contributed by atoms with Crippen molar-refractivity contribution in [3.05, 3.63) is 106 Å². The molecule has 5 heteroatoms. The predicted octanol–water partition coefficient (Wildman–Crippen LogP) is 2.00. The predicted molar refractivity (Wildman–Crippen MR) is 116 cm³/mol. The van der Waals surface area contributed by atoms with Gasteiger partial charge in [0.15, 0.2) is 0 Å². The zero-order valence-corrected chi connectivity index (χ0v) is 18.4. The highest BCUT2D eigenvalue weighted by molar-refractivity contribution is 9.10. The van der Waals surface area contributed by atoms with Crippen molar-refractivity contribution in [3.63, 3.8) is 0 Å². The number of halogens is 2. The molecule has 0 saturated carbocycles. The summed E-state index contributed by atoms with van der Waals surface area (Å²) in [6.45, 7) is 3.20. The number of carbonyl (C=O) groups is 1. The molecule has 0 aliphatic carbocycles. The van der Waals surface area contributed by atoms with E-state index >= 15 is 0 Å². The molecule has 29 heavy (non-hydrogen) atoms. The third-order valence-corrected chi connectivity index (χ3v) is 5.82. The molecule has 3 aromatic rings. The van der Waals surface area contributed by atoms with Crippen LogP contribution in [0.25, 0.3) is 0 Å². The highest BCUT2D eigenvalue weighted by Crippen LogP contribution is 2.29. The molecule has 150 valence electrons. The van der Waals surface area contributed by atoms with Crippen molar-refractivity contribution < 1.29 is 17.2 Å². The second-order valence-corrected chi connectivity index (χ2v) is 7.97. The van der Waals surface area contributed by atoms with Crippen LogP contribution >= 0.6 is 15.9 Å². The van der Waals surface area contributed by atoms with E-state index in [4.69, 9.17) is 0 Å². The fraction of sp³-hybridized carbons (Fsp3) is 0.208. The summed E-state index contributed by atoms with van der Waals surface area (Å²) in [5.74, 6) is 0.114. The van der Waals surface area contributed by atoms with E-state index in [1.165, 1.54) is 11.1 Å². The van der Waals surface area contributed by atoms with E-state index in [9.17, 15) is 4.79 Å². The monoisotopic (exact) mass is 469 g/mol. The Hall–Kier alpha value is -2.14. The first-order chi connectivity index (χ1) is 13.7. The molecule has 0 radical (unpaired) electrons. The number of carbonyl (C=O) groups excluding carboxylic acids is 1. The molecule has 1 fully saturated rings. The molecule has 3 aromatic carbocycles. The summed E-state index contributed by atoms with van der Waals surface area (Å²) in [5.41, 5.74) is 3.34. The van der Waals surface area contributed by atoms with Gasteiger partial charge in [-0.25, -0.2) is 0 Å². The van der Waals surface area contributed by atoms with Crippen LogP contribution in [0, 0.1) is 0 Å². The van der Waals surface area contributed by atoms with Gasteiger partial charge in [0.25, 0.3) is 5.91 Å². The second kappa shape index (κ2) is 10.1. The average molecular weight is 471 g/mol. The number of amides is 1. The zero-order valence-electron chi connectivity index (χ0n) is 16.0. The molecule has 0 bridgehead atoms. The van der Waals surface area contributed by atoms with Crippen LogP contribution in [0.1, 0.15) is 27.5 Å². The van der Waals surface area contributed by atoms with Crippen molar-refractivity contribution in [3.8, 4) is 0 Å².